The molecule has 0 radical (unpaired) electrons. The van der Waals surface area contributed by atoms with Crippen molar-refractivity contribution in [3.05, 3.63) is 120 Å². The van der Waals surface area contributed by atoms with Crippen LogP contribution in [-0.4, -0.2) is 32.0 Å². The Morgan fingerprint density at radius 3 is 2.37 bits per heavy atom. The number of pyridine rings is 2. The van der Waals surface area contributed by atoms with Crippen molar-refractivity contribution in [1.82, 2.24) is 24.8 Å². The number of hydrogen-bond acceptors (Lipinski definition) is 6. The summed E-state index contributed by atoms with van der Waals surface area (Å²) in [6.07, 6.45) is 1.66. The molecule has 0 saturated carbocycles. The van der Waals surface area contributed by atoms with Gasteiger partial charge in [-0.25, -0.2) is 15.0 Å². The van der Waals surface area contributed by atoms with Gasteiger partial charge in [0, 0.05) is 41.8 Å². The second-order valence-electron chi connectivity index (χ2n) is 9.57. The molecule has 3 aromatic heterocycles. The van der Waals surface area contributed by atoms with Gasteiger partial charge in [0.05, 0.1) is 11.3 Å². The van der Waals surface area contributed by atoms with E-state index in [1.54, 1.807) is 18.3 Å². The van der Waals surface area contributed by atoms with Gasteiger partial charge in [-0.3, -0.25) is 9.36 Å². The molecule has 0 atom stereocenters. The van der Waals surface area contributed by atoms with E-state index in [0.29, 0.717) is 29.4 Å². The van der Waals surface area contributed by atoms with E-state index in [1.807, 2.05) is 71.3 Å². The lowest BCUT2D eigenvalue weighted by molar-refractivity contribution is 0.0951. The summed E-state index contributed by atoms with van der Waals surface area (Å²) in [6, 6.07) is 33.1. The first-order valence-electron chi connectivity index (χ1n) is 13.5. The number of carbonyl (C=O) groups is 1. The van der Waals surface area contributed by atoms with Crippen LogP contribution in [0.5, 0.6) is 0 Å². The number of fused-ring (bicyclic) bond motifs is 1. The number of nitrogen functional groups attached to an aromatic ring is 1. The zero-order chi connectivity index (χ0) is 28.2. The maximum Gasteiger partial charge on any atom is 0.251 e. The summed E-state index contributed by atoms with van der Waals surface area (Å²) in [5.74, 6) is 0.936. The van der Waals surface area contributed by atoms with Gasteiger partial charge in [0.25, 0.3) is 5.91 Å². The molecule has 0 saturated heterocycles. The second-order valence-corrected chi connectivity index (χ2v) is 9.57. The van der Waals surface area contributed by atoms with E-state index in [2.05, 4.69) is 46.8 Å². The molecule has 0 unspecified atom stereocenters. The van der Waals surface area contributed by atoms with Crippen LogP contribution in [0.4, 0.5) is 11.5 Å². The smallest absolute Gasteiger partial charge is 0.251 e. The molecule has 0 spiro atoms. The van der Waals surface area contributed by atoms with Crippen molar-refractivity contribution in [2.24, 2.45) is 0 Å². The molecule has 0 bridgehead atoms. The first-order chi connectivity index (χ1) is 20.1. The number of imidazole rings is 1. The maximum absolute atomic E-state index is 12.5. The number of rotatable bonds is 8. The molecule has 0 aliphatic carbocycles. The molecule has 202 valence electrons. The van der Waals surface area contributed by atoms with Gasteiger partial charge in [-0.1, -0.05) is 42.5 Å². The number of amides is 1. The highest BCUT2D eigenvalue weighted by molar-refractivity contribution is 5.94. The van der Waals surface area contributed by atoms with E-state index in [-0.39, 0.29) is 5.91 Å². The molecule has 0 aliphatic rings. The van der Waals surface area contributed by atoms with E-state index in [4.69, 9.17) is 15.7 Å². The van der Waals surface area contributed by atoms with Crippen molar-refractivity contribution in [3.63, 3.8) is 0 Å². The number of benzene rings is 3. The van der Waals surface area contributed by atoms with Crippen LogP contribution in [0.15, 0.2) is 109 Å². The highest BCUT2D eigenvalue weighted by Gasteiger charge is 2.19. The highest BCUT2D eigenvalue weighted by Crippen LogP contribution is 2.32. The molecular formula is C33H29N7O. The highest BCUT2D eigenvalue weighted by atomic mass is 16.1. The lowest BCUT2D eigenvalue weighted by Gasteiger charge is -2.12. The van der Waals surface area contributed by atoms with E-state index < -0.39 is 0 Å². The Bertz CT molecular complexity index is 1810. The van der Waals surface area contributed by atoms with E-state index in [9.17, 15) is 4.79 Å². The van der Waals surface area contributed by atoms with Crippen LogP contribution in [0.2, 0.25) is 0 Å². The predicted molar refractivity (Wildman–Crippen MR) is 164 cm³/mol. The van der Waals surface area contributed by atoms with Crippen molar-refractivity contribution in [3.8, 4) is 28.3 Å². The average Bonchev–Trinajstić information content (AvgIpc) is 3.40. The first-order valence-corrected chi connectivity index (χ1v) is 13.5. The molecular weight excluding hydrogens is 510 g/mol. The minimum absolute atomic E-state index is 0.111. The van der Waals surface area contributed by atoms with Crippen molar-refractivity contribution in [2.45, 2.75) is 13.5 Å². The summed E-state index contributed by atoms with van der Waals surface area (Å²) in [7, 11) is 0. The second kappa shape index (κ2) is 11.3. The third-order valence-corrected chi connectivity index (χ3v) is 6.83. The summed E-state index contributed by atoms with van der Waals surface area (Å²) in [4.78, 5) is 26.8. The van der Waals surface area contributed by atoms with Crippen LogP contribution >= 0.6 is 0 Å². The first kappa shape index (κ1) is 25.8. The zero-order valence-corrected chi connectivity index (χ0v) is 22.6. The molecule has 1 amide bonds. The van der Waals surface area contributed by atoms with Gasteiger partial charge >= 0.3 is 0 Å². The molecule has 6 aromatic rings. The zero-order valence-electron chi connectivity index (χ0n) is 22.6. The van der Waals surface area contributed by atoms with Crippen LogP contribution in [0.25, 0.3) is 39.5 Å². The van der Waals surface area contributed by atoms with Gasteiger partial charge in [0.1, 0.15) is 11.3 Å². The molecule has 3 aromatic carbocycles. The molecule has 3 heterocycles. The molecule has 8 nitrogen and oxygen atoms in total. The Kier molecular flexibility index (Phi) is 7.11. The number of nitrogens with zero attached hydrogens (tertiary/aromatic N) is 4. The molecule has 0 aliphatic heterocycles. The van der Waals surface area contributed by atoms with Crippen molar-refractivity contribution in [1.29, 1.82) is 0 Å². The fraction of sp³-hybridized carbons (Fsp3) is 0.0909. The monoisotopic (exact) mass is 539 g/mol. The minimum Gasteiger partial charge on any atom is -0.385 e. The van der Waals surface area contributed by atoms with Crippen LogP contribution in [-0.2, 0) is 6.54 Å². The van der Waals surface area contributed by atoms with Crippen molar-refractivity contribution < 1.29 is 4.79 Å². The SMILES string of the molecule is CCNc1ccc(-c2ccc3nc(-c4cccnc4N)n(-c4ccc(CNC(=O)c5ccccc5)cc4)c3n2)cc1. The van der Waals surface area contributed by atoms with Gasteiger partial charge in [-0.2, -0.15) is 0 Å². The fourth-order valence-electron chi connectivity index (χ4n) is 4.75. The summed E-state index contributed by atoms with van der Waals surface area (Å²) >= 11 is 0. The number of aromatic nitrogens is 4. The van der Waals surface area contributed by atoms with Crippen LogP contribution in [0.1, 0.15) is 22.8 Å². The third-order valence-electron chi connectivity index (χ3n) is 6.83. The number of hydrogen-bond donors (Lipinski definition) is 3. The Morgan fingerprint density at radius 1 is 0.854 bits per heavy atom. The van der Waals surface area contributed by atoms with Crippen LogP contribution < -0.4 is 16.4 Å². The number of nitrogens with one attached hydrogen (secondary N) is 2. The summed E-state index contributed by atoms with van der Waals surface area (Å²) in [5.41, 5.74) is 13.9. The van der Waals surface area contributed by atoms with Gasteiger partial charge in [0.15, 0.2) is 11.5 Å². The van der Waals surface area contributed by atoms with E-state index in [1.165, 1.54) is 0 Å². The topological polar surface area (TPSA) is 111 Å². The molecule has 0 fully saturated rings. The maximum atomic E-state index is 12.5. The standard InChI is InChI=1S/C33H29N7O/c1-2-35-25-14-12-23(13-15-25)28-18-19-29-32(38-28)40(31(39-29)27-9-6-20-36-30(27)34)26-16-10-22(11-17-26)21-37-33(41)24-7-4-3-5-8-24/h3-20,35H,2,21H2,1H3,(H2,34,36)(H,37,41). The molecule has 4 N–H and O–H groups in total. The van der Waals surface area contributed by atoms with Crippen molar-refractivity contribution in [2.75, 3.05) is 17.6 Å². The van der Waals surface area contributed by atoms with Crippen molar-refractivity contribution >= 4 is 28.6 Å². The van der Waals surface area contributed by atoms with E-state index in [0.717, 1.165) is 45.8 Å². The minimum atomic E-state index is -0.111. The number of anilines is 2. The Hall–Kier alpha value is -5.50. The lowest BCUT2D eigenvalue weighted by atomic mass is 10.1. The molecule has 8 heteroatoms. The summed E-state index contributed by atoms with van der Waals surface area (Å²) in [5, 5.41) is 6.31. The molecule has 6 rings (SSSR count). The van der Waals surface area contributed by atoms with Crippen LogP contribution in [0.3, 0.4) is 0 Å². The predicted octanol–water partition coefficient (Wildman–Crippen LogP) is 6.09. The number of carbonyl (C=O) groups excluding carboxylic acids is 1. The molecule has 41 heavy (non-hydrogen) atoms. The Balaban J connectivity index is 1.37. The Morgan fingerprint density at radius 2 is 1.63 bits per heavy atom. The average molecular weight is 540 g/mol. The van der Waals surface area contributed by atoms with Crippen LogP contribution in [0, 0.1) is 0 Å². The number of nitrogens with two attached hydrogens (primary N) is 1. The third kappa shape index (κ3) is 5.35. The fourth-order valence-corrected chi connectivity index (χ4v) is 4.75. The summed E-state index contributed by atoms with van der Waals surface area (Å²) in [6.45, 7) is 3.35. The largest absolute Gasteiger partial charge is 0.385 e. The normalized spacial score (nSPS) is 11.0. The van der Waals surface area contributed by atoms with Gasteiger partial charge in [0.2, 0.25) is 0 Å². The summed E-state index contributed by atoms with van der Waals surface area (Å²) < 4.78 is 2.01. The quantitative estimate of drug-likeness (QED) is 0.216. The van der Waals surface area contributed by atoms with Gasteiger partial charge < -0.3 is 16.4 Å². The van der Waals surface area contributed by atoms with Gasteiger partial charge in [-0.15, -0.1) is 0 Å². The lowest BCUT2D eigenvalue weighted by Crippen LogP contribution is -2.22. The Labute approximate surface area is 237 Å². The van der Waals surface area contributed by atoms with Gasteiger partial charge in [-0.05, 0) is 73.2 Å². The van der Waals surface area contributed by atoms with E-state index >= 15 is 0 Å².